The molecule has 1 fully saturated rings. The molecule has 0 N–H and O–H groups in total. The van der Waals surface area contributed by atoms with Crippen molar-refractivity contribution in [1.29, 1.82) is 0 Å². The van der Waals surface area contributed by atoms with E-state index in [0.717, 1.165) is 37.3 Å². The summed E-state index contributed by atoms with van der Waals surface area (Å²) < 4.78 is 12.3. The summed E-state index contributed by atoms with van der Waals surface area (Å²) in [5.74, 6) is 1.23. The fourth-order valence-corrected chi connectivity index (χ4v) is 3.16. The van der Waals surface area contributed by atoms with Crippen LogP contribution in [0.3, 0.4) is 0 Å². The Bertz CT molecular complexity index is 674. The maximum atomic E-state index is 12.2. The van der Waals surface area contributed by atoms with Crippen molar-refractivity contribution in [3.8, 4) is 0 Å². The highest BCUT2D eigenvalue weighted by Gasteiger charge is 2.28. The van der Waals surface area contributed by atoms with Gasteiger partial charge in [0.1, 0.15) is 12.4 Å². The molecule has 0 aromatic carbocycles. The highest BCUT2D eigenvalue weighted by Crippen LogP contribution is 2.26. The number of nitrogens with zero attached hydrogens (tertiary/aromatic N) is 4. The number of carbonyl (C=O) groups is 1. The Hall–Kier alpha value is -2.41. The van der Waals surface area contributed by atoms with Gasteiger partial charge in [0.05, 0.1) is 13.2 Å². The molecule has 25 heavy (non-hydrogen) atoms. The van der Waals surface area contributed by atoms with Crippen molar-refractivity contribution in [2.75, 3.05) is 33.4 Å². The molecule has 134 valence electrons. The van der Waals surface area contributed by atoms with Crippen LogP contribution >= 0.6 is 0 Å². The van der Waals surface area contributed by atoms with Crippen molar-refractivity contribution in [3.05, 3.63) is 48.3 Å². The van der Waals surface area contributed by atoms with Crippen LogP contribution in [0.5, 0.6) is 0 Å². The van der Waals surface area contributed by atoms with Crippen LogP contribution in [-0.2, 0) is 16.0 Å². The normalized spacial score (nSPS) is 17.5. The van der Waals surface area contributed by atoms with Gasteiger partial charge in [-0.15, -0.1) is 0 Å². The number of hydrogen-bond acceptors (Lipinski definition) is 5. The second-order valence-corrected chi connectivity index (χ2v) is 6.17. The summed E-state index contributed by atoms with van der Waals surface area (Å²) in [5, 5.41) is 0. The molecule has 3 heterocycles. The molecule has 2 aromatic rings. The first-order valence-corrected chi connectivity index (χ1v) is 8.58. The first kappa shape index (κ1) is 17.4. The number of aromatic nitrogens is 3. The average Bonchev–Trinajstić information content (AvgIpc) is 3.11. The van der Waals surface area contributed by atoms with E-state index in [4.69, 9.17) is 9.47 Å². The summed E-state index contributed by atoms with van der Waals surface area (Å²) in [6.07, 6.45) is 9.14. The summed E-state index contributed by atoms with van der Waals surface area (Å²) in [6.45, 7) is 2.80. The molecular weight excluding hydrogens is 320 g/mol. The lowest BCUT2D eigenvalue weighted by Gasteiger charge is -2.32. The molecule has 7 heteroatoms. The molecule has 1 amide bonds. The molecule has 0 bridgehead atoms. The van der Waals surface area contributed by atoms with Crippen molar-refractivity contribution < 1.29 is 14.3 Å². The summed E-state index contributed by atoms with van der Waals surface area (Å²) in [6, 6.07) is 3.99. The molecule has 1 saturated heterocycles. The predicted molar refractivity (Wildman–Crippen MR) is 92.3 cm³/mol. The summed E-state index contributed by atoms with van der Waals surface area (Å²) in [7, 11) is 1.59. The highest BCUT2D eigenvalue weighted by atomic mass is 16.6. The van der Waals surface area contributed by atoms with E-state index in [2.05, 4.69) is 20.6 Å². The second kappa shape index (κ2) is 8.62. The SMILES string of the molecule is COCCOC(=O)N1CCC[C@H](c2nccn2Cc2cccnc2)C1. The summed E-state index contributed by atoms with van der Waals surface area (Å²) in [4.78, 5) is 22.7. The van der Waals surface area contributed by atoms with Gasteiger partial charge in [0.2, 0.25) is 0 Å². The van der Waals surface area contributed by atoms with Gasteiger partial charge < -0.3 is 18.9 Å². The summed E-state index contributed by atoms with van der Waals surface area (Å²) in [5.41, 5.74) is 1.13. The number of hydrogen-bond donors (Lipinski definition) is 0. The first-order valence-electron chi connectivity index (χ1n) is 8.58. The molecule has 0 radical (unpaired) electrons. The van der Waals surface area contributed by atoms with Crippen molar-refractivity contribution >= 4 is 6.09 Å². The van der Waals surface area contributed by atoms with Gasteiger partial charge in [0, 0.05) is 50.9 Å². The number of imidazole rings is 1. The Morgan fingerprint density at radius 1 is 1.36 bits per heavy atom. The Kier molecular flexibility index (Phi) is 6.00. The van der Waals surface area contributed by atoms with Gasteiger partial charge in [-0.2, -0.15) is 0 Å². The number of amides is 1. The van der Waals surface area contributed by atoms with E-state index in [9.17, 15) is 4.79 Å². The van der Waals surface area contributed by atoms with Gasteiger partial charge >= 0.3 is 6.09 Å². The maximum absolute atomic E-state index is 12.2. The van der Waals surface area contributed by atoms with E-state index in [-0.39, 0.29) is 18.6 Å². The highest BCUT2D eigenvalue weighted by molar-refractivity contribution is 5.67. The quantitative estimate of drug-likeness (QED) is 0.752. The number of methoxy groups -OCH3 is 1. The van der Waals surface area contributed by atoms with E-state index < -0.39 is 0 Å². The zero-order valence-corrected chi connectivity index (χ0v) is 14.5. The minimum absolute atomic E-state index is 0.218. The molecule has 1 aliphatic heterocycles. The first-order chi connectivity index (χ1) is 12.3. The molecule has 0 saturated carbocycles. The van der Waals surface area contributed by atoms with Crippen LogP contribution in [0, 0.1) is 0 Å². The van der Waals surface area contributed by atoms with Crippen molar-refractivity contribution in [2.45, 2.75) is 25.3 Å². The zero-order chi connectivity index (χ0) is 17.5. The topological polar surface area (TPSA) is 69.5 Å². The predicted octanol–water partition coefficient (Wildman–Crippen LogP) is 2.29. The number of piperidine rings is 1. The molecule has 2 aromatic heterocycles. The van der Waals surface area contributed by atoms with E-state index in [1.807, 2.05) is 24.7 Å². The third kappa shape index (κ3) is 4.57. The molecule has 1 aliphatic rings. The number of ether oxygens (including phenoxy) is 2. The smallest absolute Gasteiger partial charge is 0.409 e. The van der Waals surface area contributed by atoms with Gasteiger partial charge in [0.15, 0.2) is 0 Å². The van der Waals surface area contributed by atoms with E-state index in [1.165, 1.54) is 0 Å². The molecular formula is C18H24N4O3. The lowest BCUT2D eigenvalue weighted by molar-refractivity contribution is 0.0646. The molecule has 0 spiro atoms. The van der Waals surface area contributed by atoms with E-state index >= 15 is 0 Å². The average molecular weight is 344 g/mol. The van der Waals surface area contributed by atoms with Crippen LogP contribution < -0.4 is 0 Å². The largest absolute Gasteiger partial charge is 0.447 e. The summed E-state index contributed by atoms with van der Waals surface area (Å²) >= 11 is 0. The number of pyridine rings is 1. The zero-order valence-electron chi connectivity index (χ0n) is 14.5. The van der Waals surface area contributed by atoms with Gasteiger partial charge in [-0.3, -0.25) is 4.98 Å². The van der Waals surface area contributed by atoms with Crippen LogP contribution in [0.15, 0.2) is 36.9 Å². The monoisotopic (exact) mass is 344 g/mol. The van der Waals surface area contributed by atoms with Gasteiger partial charge in [-0.05, 0) is 24.5 Å². The van der Waals surface area contributed by atoms with Crippen molar-refractivity contribution in [1.82, 2.24) is 19.4 Å². The van der Waals surface area contributed by atoms with Crippen LogP contribution in [0.2, 0.25) is 0 Å². The number of carbonyl (C=O) groups excluding carboxylic acids is 1. The Morgan fingerprint density at radius 2 is 2.28 bits per heavy atom. The fraction of sp³-hybridized carbons (Fsp3) is 0.500. The molecule has 0 aliphatic carbocycles. The third-order valence-electron chi connectivity index (χ3n) is 4.38. The number of rotatable bonds is 6. The van der Waals surface area contributed by atoms with E-state index in [0.29, 0.717) is 13.2 Å². The van der Waals surface area contributed by atoms with Gasteiger partial charge in [0.25, 0.3) is 0 Å². The Morgan fingerprint density at radius 3 is 3.08 bits per heavy atom. The van der Waals surface area contributed by atoms with Crippen LogP contribution in [-0.4, -0.2) is 58.9 Å². The van der Waals surface area contributed by atoms with Crippen molar-refractivity contribution in [3.63, 3.8) is 0 Å². The van der Waals surface area contributed by atoms with Crippen LogP contribution in [0.4, 0.5) is 4.79 Å². The minimum atomic E-state index is -0.271. The van der Waals surface area contributed by atoms with Crippen LogP contribution in [0.1, 0.15) is 30.1 Å². The van der Waals surface area contributed by atoms with E-state index in [1.54, 1.807) is 18.2 Å². The lowest BCUT2D eigenvalue weighted by Crippen LogP contribution is -2.40. The maximum Gasteiger partial charge on any atom is 0.409 e. The third-order valence-corrected chi connectivity index (χ3v) is 4.38. The molecule has 1 atom stereocenters. The number of likely N-dealkylation sites (tertiary alicyclic amines) is 1. The Labute approximate surface area is 147 Å². The van der Waals surface area contributed by atoms with Gasteiger partial charge in [-0.1, -0.05) is 6.07 Å². The molecule has 0 unspecified atom stereocenters. The molecule has 7 nitrogen and oxygen atoms in total. The van der Waals surface area contributed by atoms with Crippen LogP contribution in [0.25, 0.3) is 0 Å². The standard InChI is InChI=1S/C18H24N4O3/c1-24-10-11-25-18(23)22-8-3-5-16(14-22)17-20-7-9-21(17)13-15-4-2-6-19-12-15/h2,4,6-7,9,12,16H,3,5,8,10-11,13-14H2,1H3/t16-/m0/s1. The second-order valence-electron chi connectivity index (χ2n) is 6.17. The fourth-order valence-electron chi connectivity index (χ4n) is 3.16. The Balaban J connectivity index is 1.64. The van der Waals surface area contributed by atoms with Gasteiger partial charge in [-0.25, -0.2) is 9.78 Å². The van der Waals surface area contributed by atoms with Crippen molar-refractivity contribution in [2.24, 2.45) is 0 Å². The lowest BCUT2D eigenvalue weighted by atomic mass is 9.97. The minimum Gasteiger partial charge on any atom is -0.447 e. The molecule has 3 rings (SSSR count).